The molecule has 5 fully saturated rings. The molecule has 0 spiro atoms. The van der Waals surface area contributed by atoms with Gasteiger partial charge in [-0.05, 0) is 49.2 Å². The summed E-state index contributed by atoms with van der Waals surface area (Å²) in [6.07, 6.45) is 8.52. The molecule has 14 nitrogen and oxygen atoms in total. The number of esters is 6. The Bertz CT molecular complexity index is 1880. The van der Waals surface area contributed by atoms with Crippen molar-refractivity contribution >= 4 is 35.8 Å². The van der Waals surface area contributed by atoms with Gasteiger partial charge in [0, 0.05) is 88.2 Å². The molecule has 1 saturated carbocycles. The van der Waals surface area contributed by atoms with Gasteiger partial charge in [0.2, 0.25) is 0 Å². The summed E-state index contributed by atoms with van der Waals surface area (Å²) in [7, 11) is 4.49. The fraction of sp³-hybridized carbons (Fsp3) is 0.625. The zero-order valence-corrected chi connectivity index (χ0v) is 37.2. The summed E-state index contributed by atoms with van der Waals surface area (Å²) in [5, 5.41) is 0. The first-order valence-electron chi connectivity index (χ1n) is 22.8. The minimum atomic E-state index is -0.496. The number of piperidine rings is 2. The van der Waals surface area contributed by atoms with Crippen LogP contribution in [0.25, 0.3) is 0 Å². The third-order valence-electron chi connectivity index (χ3n) is 14.7. The molecule has 2 aromatic carbocycles. The minimum Gasteiger partial charge on any atom is -0.462 e. The summed E-state index contributed by atoms with van der Waals surface area (Å²) in [4.78, 5) is 75.9. The van der Waals surface area contributed by atoms with E-state index in [1.54, 1.807) is 52.0 Å². The zero-order chi connectivity index (χ0) is 44.3. The largest absolute Gasteiger partial charge is 0.462 e. The molecule has 4 heterocycles. The van der Waals surface area contributed by atoms with Crippen molar-refractivity contribution in [2.75, 3.05) is 14.1 Å². The fourth-order valence-corrected chi connectivity index (χ4v) is 10.9. The number of ether oxygens (including phenoxy) is 6. The molecule has 62 heavy (non-hydrogen) atoms. The summed E-state index contributed by atoms with van der Waals surface area (Å²) >= 11 is 0. The van der Waals surface area contributed by atoms with Gasteiger partial charge < -0.3 is 37.4 Å². The van der Waals surface area contributed by atoms with E-state index in [1.165, 1.54) is 0 Å². The molecule has 4 aliphatic heterocycles. The monoisotopic (exact) mass is 860 g/mol. The number of carbonyl (C=O) groups is 6. The Morgan fingerprint density at radius 2 is 0.774 bits per heavy atom. The van der Waals surface area contributed by atoms with E-state index in [1.807, 2.05) is 12.1 Å². The second-order valence-corrected chi connectivity index (χ2v) is 18.5. The van der Waals surface area contributed by atoms with Crippen LogP contribution in [0.5, 0.6) is 23.0 Å². The Morgan fingerprint density at radius 3 is 1.06 bits per heavy atom. The van der Waals surface area contributed by atoms with E-state index in [0.717, 1.165) is 71.5 Å². The quantitative estimate of drug-likeness (QED) is 0.0965. The smallest absolute Gasteiger partial charge is 0.311 e. The molecular formula is C48H64N2O12+2. The van der Waals surface area contributed by atoms with Gasteiger partial charge in [-0.15, -0.1) is 0 Å². The number of nitrogens with zero attached hydrogens (tertiary/aromatic N) is 2. The third kappa shape index (κ3) is 9.56. The van der Waals surface area contributed by atoms with Crippen molar-refractivity contribution in [2.45, 2.75) is 167 Å². The van der Waals surface area contributed by atoms with Crippen LogP contribution in [0.4, 0.5) is 0 Å². The Kier molecular flexibility index (Phi) is 13.8. The van der Waals surface area contributed by atoms with Gasteiger partial charge in [-0.2, -0.15) is 0 Å². The highest BCUT2D eigenvalue weighted by Crippen LogP contribution is 2.47. The van der Waals surface area contributed by atoms with E-state index in [2.05, 4.69) is 14.1 Å². The number of rotatable bonds is 16. The number of quaternary nitrogens is 2. The summed E-state index contributed by atoms with van der Waals surface area (Å²) in [5.41, 5.74) is 1.93. The predicted molar refractivity (Wildman–Crippen MR) is 224 cm³/mol. The zero-order valence-electron chi connectivity index (χ0n) is 37.2. The van der Waals surface area contributed by atoms with Crippen molar-refractivity contribution in [1.82, 2.24) is 0 Å². The van der Waals surface area contributed by atoms with E-state index in [9.17, 15) is 28.8 Å². The molecule has 0 aromatic heterocycles. The lowest BCUT2D eigenvalue weighted by Gasteiger charge is -2.47. The normalized spacial score (nSPS) is 30.7. The number of carbonyl (C=O) groups excluding carboxylic acids is 6. The van der Waals surface area contributed by atoms with Crippen molar-refractivity contribution < 1.29 is 66.2 Å². The lowest BCUT2D eigenvalue weighted by molar-refractivity contribution is -0.961. The van der Waals surface area contributed by atoms with Crippen LogP contribution < -0.4 is 18.9 Å². The second kappa shape index (κ2) is 18.9. The summed E-state index contributed by atoms with van der Waals surface area (Å²) in [6, 6.07) is 11.9. The standard InChI is InChI=1S/C48H64N2O12/c1-7-43(51)59-39-19-11-29(21-41(39)61-45(53)9-3)27-49(5)31-13-14-32(49)24-35(23-31)57-47(55)37-17-18-38(37)48(56)58-36-25-33-15-16-34(26-36)50(33,6)28-30-12-20-40(60-44(52)8-2)42(22-30)62-46(54)10-4/h11-12,19-22,31-38H,7-10,13-18,23-28H2,1-6H3/q+2. The molecule has 6 unspecified atom stereocenters. The molecule has 4 bridgehead atoms. The van der Waals surface area contributed by atoms with Gasteiger partial charge in [0.05, 0.1) is 50.1 Å². The van der Waals surface area contributed by atoms with Crippen LogP contribution in [-0.4, -0.2) is 95.3 Å². The van der Waals surface area contributed by atoms with Crippen molar-refractivity contribution in [3.8, 4) is 23.0 Å². The highest BCUT2D eigenvalue weighted by atomic mass is 16.6. The van der Waals surface area contributed by atoms with Crippen LogP contribution in [0, 0.1) is 11.8 Å². The lowest BCUT2D eigenvalue weighted by Crippen LogP contribution is -2.59. The van der Waals surface area contributed by atoms with Gasteiger partial charge in [-0.3, -0.25) is 28.8 Å². The van der Waals surface area contributed by atoms with Crippen molar-refractivity contribution in [1.29, 1.82) is 0 Å². The van der Waals surface area contributed by atoms with Crippen molar-refractivity contribution in [2.24, 2.45) is 11.8 Å². The molecule has 2 aromatic rings. The summed E-state index contributed by atoms with van der Waals surface area (Å²) < 4.78 is 36.0. The molecule has 1 aliphatic carbocycles. The molecule has 0 radical (unpaired) electrons. The first-order valence-corrected chi connectivity index (χ1v) is 22.8. The molecule has 14 heteroatoms. The van der Waals surface area contributed by atoms with Crippen LogP contribution in [0.1, 0.15) is 129 Å². The molecule has 4 saturated heterocycles. The predicted octanol–water partition coefficient (Wildman–Crippen LogP) is 7.04. The van der Waals surface area contributed by atoms with Gasteiger partial charge in [0.1, 0.15) is 25.3 Å². The molecule has 7 rings (SSSR count). The lowest BCUT2D eigenvalue weighted by atomic mass is 9.73. The molecule has 6 atom stereocenters. The average Bonchev–Trinajstić information content (AvgIpc) is 3.45. The first kappa shape index (κ1) is 45.2. The van der Waals surface area contributed by atoms with Crippen LogP contribution in [0.2, 0.25) is 0 Å². The van der Waals surface area contributed by atoms with E-state index in [-0.39, 0.29) is 97.0 Å². The Morgan fingerprint density at radius 1 is 0.468 bits per heavy atom. The number of benzene rings is 2. The SMILES string of the molecule is CCC(=O)Oc1ccc(C[N+]2(C)C3CCC2CC(OC(=O)C2CCC2C(=O)OC2CC4CCC(C2)[N+]4(C)Cc2ccc(OC(=O)CC)c(OC(=O)CC)c2)C3)cc1OC(=O)CC. The highest BCUT2D eigenvalue weighted by Gasteiger charge is 2.55. The number of fused-ring (bicyclic) bond motifs is 4. The van der Waals surface area contributed by atoms with Crippen LogP contribution in [0.3, 0.4) is 0 Å². The number of hydrogen-bond donors (Lipinski definition) is 0. The number of hydrogen-bond acceptors (Lipinski definition) is 12. The maximum absolute atomic E-state index is 13.7. The Hall–Kier alpha value is -4.82. The van der Waals surface area contributed by atoms with E-state index in [0.29, 0.717) is 25.9 Å². The van der Waals surface area contributed by atoms with Gasteiger partial charge in [0.15, 0.2) is 23.0 Å². The van der Waals surface area contributed by atoms with Gasteiger partial charge in [0.25, 0.3) is 0 Å². The Balaban J connectivity index is 0.920. The highest BCUT2D eigenvalue weighted by molar-refractivity contribution is 5.84. The van der Waals surface area contributed by atoms with E-state index >= 15 is 0 Å². The van der Waals surface area contributed by atoms with Gasteiger partial charge in [-0.1, -0.05) is 27.7 Å². The van der Waals surface area contributed by atoms with Crippen LogP contribution in [-0.2, 0) is 51.3 Å². The van der Waals surface area contributed by atoms with Crippen molar-refractivity contribution in [3.63, 3.8) is 0 Å². The first-order chi connectivity index (χ1) is 29.7. The maximum Gasteiger partial charge on any atom is 0.311 e. The molecule has 336 valence electrons. The summed E-state index contributed by atoms with van der Waals surface area (Å²) in [5.74, 6) is -2.29. The molecule has 5 aliphatic rings. The molecular weight excluding hydrogens is 797 g/mol. The topological polar surface area (TPSA) is 158 Å². The van der Waals surface area contributed by atoms with E-state index < -0.39 is 35.7 Å². The second-order valence-electron chi connectivity index (χ2n) is 18.5. The third-order valence-corrected chi connectivity index (χ3v) is 14.7. The van der Waals surface area contributed by atoms with Crippen molar-refractivity contribution in [3.05, 3.63) is 47.5 Å². The van der Waals surface area contributed by atoms with E-state index in [4.69, 9.17) is 28.4 Å². The molecule has 0 amide bonds. The summed E-state index contributed by atoms with van der Waals surface area (Å²) in [6.45, 7) is 8.22. The fourth-order valence-electron chi connectivity index (χ4n) is 10.9. The van der Waals surface area contributed by atoms with Crippen LogP contribution in [0.15, 0.2) is 36.4 Å². The van der Waals surface area contributed by atoms with Crippen LogP contribution >= 0.6 is 0 Å². The Labute approximate surface area is 364 Å². The minimum absolute atomic E-state index is 0.191. The van der Waals surface area contributed by atoms with Gasteiger partial charge >= 0.3 is 35.8 Å². The molecule has 0 N–H and O–H groups in total. The maximum atomic E-state index is 13.7. The average molecular weight is 861 g/mol. The van der Waals surface area contributed by atoms with Gasteiger partial charge in [-0.25, -0.2) is 0 Å².